The molecular weight excluding hydrogens is 550 g/mol. The average molecular weight is 567 g/mol. The van der Waals surface area contributed by atoms with Gasteiger partial charge in [-0.3, -0.25) is 8.98 Å². The molecule has 180 valence electrons. The fourth-order valence-electron chi connectivity index (χ4n) is 2.37. The summed E-state index contributed by atoms with van der Waals surface area (Å²) in [5, 5.41) is 9.97. The van der Waals surface area contributed by atoms with Crippen molar-refractivity contribution in [2.45, 2.75) is 16.7 Å². The van der Waals surface area contributed by atoms with E-state index in [1.807, 2.05) is 0 Å². The van der Waals surface area contributed by atoms with Crippen molar-refractivity contribution in [2.24, 2.45) is 10.2 Å². The number of hydrogen-bond acceptors (Lipinski definition) is 13. The van der Waals surface area contributed by atoms with Gasteiger partial charge in [0.2, 0.25) is 16.3 Å². The molecule has 0 spiro atoms. The summed E-state index contributed by atoms with van der Waals surface area (Å²) in [5.41, 5.74) is 5.02. The van der Waals surface area contributed by atoms with Crippen LogP contribution in [-0.2, 0) is 39.3 Å². The summed E-state index contributed by atoms with van der Waals surface area (Å²) in [6.07, 6.45) is 0. The Morgan fingerprint density at radius 1 is 1.00 bits per heavy atom. The van der Waals surface area contributed by atoms with Gasteiger partial charge in [0, 0.05) is 6.92 Å². The van der Waals surface area contributed by atoms with Gasteiger partial charge in [0.05, 0.1) is 39.2 Å². The summed E-state index contributed by atoms with van der Waals surface area (Å²) in [6, 6.07) is 6.56. The number of benzene rings is 2. The Labute approximate surface area is 245 Å². The zero-order valence-electron chi connectivity index (χ0n) is 18.7. The Kier molecular flexibility index (Phi) is 13.2. The van der Waals surface area contributed by atoms with Crippen molar-refractivity contribution in [3.63, 3.8) is 0 Å². The standard InChI is InChI=1S/C16H18N4O10S3.2Na/c1-10(21)18-14-8-13(17)16(32(24,25)26)9-15(14)20-19-11-2-4-12(5-3-11)31(22,23)7-6-30-33(27,28)29;;/h2-5,8-9H,6-7,17H2,1H3,(H,18,21)(H,24,25,26)(H,27,28,29);;/q;2*+1/p-2. The fourth-order valence-corrected chi connectivity index (χ4v) is 4.46. The summed E-state index contributed by atoms with van der Waals surface area (Å²) in [7, 11) is -14.0. The Morgan fingerprint density at radius 2 is 1.57 bits per heavy atom. The van der Waals surface area contributed by atoms with Crippen molar-refractivity contribution in [1.29, 1.82) is 0 Å². The maximum atomic E-state index is 12.1. The second kappa shape index (κ2) is 13.5. The number of hydrogen-bond donors (Lipinski definition) is 2. The van der Waals surface area contributed by atoms with Gasteiger partial charge in [-0.1, -0.05) is 0 Å². The van der Waals surface area contributed by atoms with E-state index in [0.29, 0.717) is 0 Å². The summed E-state index contributed by atoms with van der Waals surface area (Å²) in [5.74, 6) is -1.31. The van der Waals surface area contributed by atoms with Gasteiger partial charge in [-0.2, -0.15) is 5.11 Å². The van der Waals surface area contributed by atoms with Gasteiger partial charge in [0.25, 0.3) is 0 Å². The van der Waals surface area contributed by atoms with E-state index in [1.54, 1.807) is 0 Å². The number of azo groups is 1. The van der Waals surface area contributed by atoms with E-state index in [0.717, 1.165) is 24.3 Å². The van der Waals surface area contributed by atoms with E-state index < -0.39 is 59.2 Å². The van der Waals surface area contributed by atoms with Crippen LogP contribution in [0.1, 0.15) is 6.92 Å². The zero-order valence-corrected chi connectivity index (χ0v) is 25.1. The molecule has 0 saturated carbocycles. The number of carbonyl (C=O) groups excluding carboxylic acids is 1. The minimum absolute atomic E-state index is 0. The normalized spacial score (nSPS) is 12.0. The Balaban J connectivity index is 0.00000578. The average Bonchev–Trinajstić information content (AvgIpc) is 2.65. The van der Waals surface area contributed by atoms with Crippen molar-refractivity contribution < 1.29 is 102 Å². The van der Waals surface area contributed by atoms with E-state index >= 15 is 0 Å². The maximum absolute atomic E-state index is 12.1. The van der Waals surface area contributed by atoms with Crippen LogP contribution < -0.4 is 70.2 Å². The van der Waals surface area contributed by atoms with Crippen LogP contribution in [0.5, 0.6) is 0 Å². The first-order chi connectivity index (χ1) is 15.1. The van der Waals surface area contributed by atoms with Gasteiger partial charge in [-0.05, 0) is 36.4 Å². The molecule has 0 bridgehead atoms. The van der Waals surface area contributed by atoms with Crippen LogP contribution in [0, 0.1) is 0 Å². The van der Waals surface area contributed by atoms with E-state index in [-0.39, 0.29) is 81.1 Å². The molecular formula is C16H16N4Na2O10S3. The second-order valence-corrected chi connectivity index (χ2v) is 10.8. The molecule has 0 fully saturated rings. The van der Waals surface area contributed by atoms with E-state index in [9.17, 15) is 39.2 Å². The van der Waals surface area contributed by atoms with E-state index in [4.69, 9.17) is 5.73 Å². The maximum Gasteiger partial charge on any atom is 1.00 e. The SMILES string of the molecule is CC(=O)Nc1cc(N)c(S(=O)(=O)[O-])cc1N=Nc1ccc(S(=O)(=O)CCOS(=O)(=O)[O-])cc1.[Na+].[Na+]. The molecule has 0 atom stereocenters. The molecule has 3 N–H and O–H groups in total. The van der Waals surface area contributed by atoms with Gasteiger partial charge in [0.15, 0.2) is 9.84 Å². The van der Waals surface area contributed by atoms with Crippen LogP contribution in [-0.4, -0.2) is 52.6 Å². The van der Waals surface area contributed by atoms with Crippen LogP contribution in [0.2, 0.25) is 0 Å². The van der Waals surface area contributed by atoms with Crippen LogP contribution in [0.3, 0.4) is 0 Å². The number of carbonyl (C=O) groups is 1. The molecule has 0 aromatic heterocycles. The van der Waals surface area contributed by atoms with Crippen molar-refractivity contribution in [2.75, 3.05) is 23.4 Å². The van der Waals surface area contributed by atoms with Gasteiger partial charge < -0.3 is 20.2 Å². The first-order valence-corrected chi connectivity index (χ1v) is 13.0. The van der Waals surface area contributed by atoms with Gasteiger partial charge in [-0.15, -0.1) is 5.11 Å². The molecule has 2 rings (SSSR count). The molecule has 0 unspecified atom stereocenters. The van der Waals surface area contributed by atoms with Crippen LogP contribution >= 0.6 is 0 Å². The molecule has 1 amide bonds. The molecule has 0 radical (unpaired) electrons. The summed E-state index contributed by atoms with van der Waals surface area (Å²) in [4.78, 5) is 10.4. The van der Waals surface area contributed by atoms with Crippen molar-refractivity contribution in [3.05, 3.63) is 36.4 Å². The molecule has 2 aromatic carbocycles. The Bertz CT molecular complexity index is 1410. The molecule has 35 heavy (non-hydrogen) atoms. The summed E-state index contributed by atoms with van der Waals surface area (Å²) < 4.78 is 93.4. The Morgan fingerprint density at radius 3 is 2.06 bits per heavy atom. The molecule has 14 nitrogen and oxygen atoms in total. The number of nitrogen functional groups attached to an aromatic ring is 1. The minimum atomic E-state index is -5.03. The number of amides is 1. The summed E-state index contributed by atoms with van der Waals surface area (Å²) in [6.45, 7) is 0.315. The van der Waals surface area contributed by atoms with Gasteiger partial charge in [0.1, 0.15) is 15.8 Å². The van der Waals surface area contributed by atoms with Gasteiger partial charge in [-0.25, -0.2) is 25.3 Å². The predicted molar refractivity (Wildman–Crippen MR) is 111 cm³/mol. The van der Waals surface area contributed by atoms with Crippen molar-refractivity contribution in [1.82, 2.24) is 0 Å². The monoisotopic (exact) mass is 566 g/mol. The molecule has 19 heteroatoms. The van der Waals surface area contributed by atoms with E-state index in [1.165, 1.54) is 19.1 Å². The van der Waals surface area contributed by atoms with E-state index in [2.05, 4.69) is 19.7 Å². The molecule has 0 aliphatic heterocycles. The summed E-state index contributed by atoms with van der Waals surface area (Å²) >= 11 is 0. The van der Waals surface area contributed by atoms with Crippen molar-refractivity contribution >= 4 is 59.0 Å². The number of anilines is 2. The van der Waals surface area contributed by atoms with Crippen LogP contribution in [0.25, 0.3) is 0 Å². The Hall–Kier alpha value is -0.960. The third kappa shape index (κ3) is 10.9. The first-order valence-electron chi connectivity index (χ1n) is 8.60. The smallest absolute Gasteiger partial charge is 0.744 e. The first kappa shape index (κ1) is 34.0. The molecule has 0 aliphatic rings. The molecule has 0 saturated heterocycles. The number of nitrogens with one attached hydrogen (secondary N) is 1. The zero-order chi connectivity index (χ0) is 25.0. The number of nitrogens with two attached hydrogens (primary N) is 1. The molecule has 0 heterocycles. The largest absolute Gasteiger partial charge is 1.00 e. The fraction of sp³-hybridized carbons (Fsp3) is 0.188. The number of rotatable bonds is 9. The molecule has 0 aliphatic carbocycles. The number of sulfone groups is 1. The topological polar surface area (TPSA) is 238 Å². The number of nitrogens with zero attached hydrogens (tertiary/aromatic N) is 2. The van der Waals surface area contributed by atoms with Crippen molar-refractivity contribution in [3.8, 4) is 0 Å². The van der Waals surface area contributed by atoms with Gasteiger partial charge >= 0.3 is 59.1 Å². The third-order valence-corrected chi connectivity index (χ3v) is 6.80. The predicted octanol–water partition coefficient (Wildman–Crippen LogP) is -5.19. The van der Waals surface area contributed by atoms with Crippen LogP contribution in [0.15, 0.2) is 56.4 Å². The van der Waals surface area contributed by atoms with Crippen LogP contribution in [0.4, 0.5) is 22.7 Å². The molecule has 2 aromatic rings. The second-order valence-electron chi connectivity index (χ2n) is 6.29. The third-order valence-electron chi connectivity index (χ3n) is 3.76. The quantitative estimate of drug-likeness (QED) is 0.0956. The minimum Gasteiger partial charge on any atom is -0.744 e.